The Kier molecular flexibility index (Phi) is 5.91. The van der Waals surface area contributed by atoms with E-state index >= 15 is 0 Å². The second-order valence-electron chi connectivity index (χ2n) is 6.88. The number of aromatic nitrogens is 2. The summed E-state index contributed by atoms with van der Waals surface area (Å²) in [5.41, 5.74) is 3.29. The molecule has 1 saturated heterocycles. The number of aryl methyl sites for hydroxylation is 2. The van der Waals surface area contributed by atoms with Gasteiger partial charge in [-0.2, -0.15) is 5.10 Å². The smallest absolute Gasteiger partial charge is 0.273 e. The largest absolute Gasteiger partial charge is 0.340 e. The maximum absolute atomic E-state index is 12.7. The van der Waals surface area contributed by atoms with Crippen LogP contribution in [-0.2, 0) is 17.9 Å². The summed E-state index contributed by atoms with van der Waals surface area (Å²) in [5, 5.41) is 7.39. The topological polar surface area (TPSA) is 70.5 Å². The molecule has 3 rings (SSSR count). The number of hydrogen-bond donors (Lipinski definition) is 1. The number of nitrogens with zero attached hydrogens (tertiary/aromatic N) is 4. The molecule has 2 aromatic rings. The van der Waals surface area contributed by atoms with Crippen molar-refractivity contribution < 1.29 is 9.59 Å². The molecule has 2 amide bonds. The lowest BCUT2D eigenvalue weighted by atomic mass is 10.1. The molecule has 1 N–H and O–H groups in total. The third-order valence-corrected chi connectivity index (χ3v) is 4.91. The van der Waals surface area contributed by atoms with Gasteiger partial charge in [-0.25, -0.2) is 0 Å². The highest BCUT2D eigenvalue weighted by molar-refractivity contribution is 6.03. The SMILES string of the molecule is CCn1nc(C)cc1C(=O)Nc1ccccc1CN1CCN(C(C)=O)CC1. The van der Waals surface area contributed by atoms with E-state index in [-0.39, 0.29) is 11.8 Å². The molecule has 144 valence electrons. The summed E-state index contributed by atoms with van der Waals surface area (Å²) in [6.07, 6.45) is 0. The molecular formula is C20H27N5O2. The zero-order valence-electron chi connectivity index (χ0n) is 16.2. The first-order valence-electron chi connectivity index (χ1n) is 9.39. The fourth-order valence-electron chi connectivity index (χ4n) is 3.40. The standard InChI is InChI=1S/C20H27N5O2/c1-4-25-19(13-15(2)22-25)20(27)21-18-8-6-5-7-17(18)14-23-9-11-24(12-10-23)16(3)26/h5-8,13H,4,9-12,14H2,1-3H3,(H,21,27). The average Bonchev–Trinajstić information content (AvgIpc) is 3.05. The Hall–Kier alpha value is -2.67. The summed E-state index contributed by atoms with van der Waals surface area (Å²) in [4.78, 5) is 28.4. The molecule has 7 heteroatoms. The van der Waals surface area contributed by atoms with Gasteiger partial charge in [0.2, 0.25) is 5.91 Å². The molecule has 0 aliphatic carbocycles. The van der Waals surface area contributed by atoms with Crippen LogP contribution in [0.3, 0.4) is 0 Å². The number of amides is 2. The van der Waals surface area contributed by atoms with E-state index in [0.717, 1.165) is 49.7 Å². The second-order valence-corrected chi connectivity index (χ2v) is 6.88. The van der Waals surface area contributed by atoms with Crippen molar-refractivity contribution in [1.82, 2.24) is 19.6 Å². The normalized spacial score (nSPS) is 15.0. The van der Waals surface area contributed by atoms with Gasteiger partial charge in [-0.05, 0) is 31.5 Å². The number of piperazine rings is 1. The van der Waals surface area contributed by atoms with Crippen LogP contribution in [0.1, 0.15) is 35.6 Å². The number of para-hydroxylation sites is 1. The minimum absolute atomic E-state index is 0.130. The Morgan fingerprint density at radius 3 is 2.52 bits per heavy atom. The van der Waals surface area contributed by atoms with Crippen LogP contribution in [0.15, 0.2) is 30.3 Å². The summed E-state index contributed by atoms with van der Waals surface area (Å²) in [6, 6.07) is 9.68. The molecular weight excluding hydrogens is 342 g/mol. The van der Waals surface area contributed by atoms with Crippen LogP contribution in [0.4, 0.5) is 5.69 Å². The number of carbonyl (C=O) groups is 2. The molecule has 1 aliphatic heterocycles. The van der Waals surface area contributed by atoms with E-state index < -0.39 is 0 Å². The van der Waals surface area contributed by atoms with Crippen LogP contribution >= 0.6 is 0 Å². The van der Waals surface area contributed by atoms with Gasteiger partial charge in [0.05, 0.1) is 5.69 Å². The van der Waals surface area contributed by atoms with Gasteiger partial charge in [-0.3, -0.25) is 19.2 Å². The van der Waals surface area contributed by atoms with E-state index in [1.807, 2.05) is 49.1 Å². The first kappa shape index (κ1) is 19.1. The van der Waals surface area contributed by atoms with Gasteiger partial charge in [0.25, 0.3) is 5.91 Å². The zero-order chi connectivity index (χ0) is 19.4. The Balaban J connectivity index is 1.69. The van der Waals surface area contributed by atoms with E-state index in [0.29, 0.717) is 12.2 Å². The quantitative estimate of drug-likeness (QED) is 0.876. The lowest BCUT2D eigenvalue weighted by Gasteiger charge is -2.34. The number of nitrogens with one attached hydrogen (secondary N) is 1. The molecule has 0 spiro atoms. The van der Waals surface area contributed by atoms with Crippen molar-refractivity contribution in [1.29, 1.82) is 0 Å². The molecule has 1 aromatic heterocycles. The fourth-order valence-corrected chi connectivity index (χ4v) is 3.40. The van der Waals surface area contributed by atoms with Crippen molar-refractivity contribution in [3.63, 3.8) is 0 Å². The number of rotatable bonds is 5. The number of carbonyl (C=O) groups excluding carboxylic acids is 2. The fraction of sp³-hybridized carbons (Fsp3) is 0.450. The molecule has 27 heavy (non-hydrogen) atoms. The van der Waals surface area contributed by atoms with Gasteiger partial charge >= 0.3 is 0 Å². The predicted octanol–water partition coefficient (Wildman–Crippen LogP) is 2.13. The first-order valence-corrected chi connectivity index (χ1v) is 9.39. The van der Waals surface area contributed by atoms with Crippen LogP contribution in [-0.4, -0.2) is 57.6 Å². The summed E-state index contributed by atoms with van der Waals surface area (Å²) in [5.74, 6) is -0.0172. The van der Waals surface area contributed by atoms with Gasteiger partial charge in [0, 0.05) is 51.9 Å². The van der Waals surface area contributed by atoms with E-state index in [1.165, 1.54) is 0 Å². The predicted molar refractivity (Wildman–Crippen MR) is 105 cm³/mol. The van der Waals surface area contributed by atoms with Crippen LogP contribution in [0, 0.1) is 6.92 Å². The first-order chi connectivity index (χ1) is 13.0. The van der Waals surface area contributed by atoms with Crippen molar-refractivity contribution in [3.8, 4) is 0 Å². The van der Waals surface area contributed by atoms with Gasteiger partial charge < -0.3 is 10.2 Å². The third kappa shape index (κ3) is 4.54. The van der Waals surface area contributed by atoms with Gasteiger partial charge in [0.1, 0.15) is 5.69 Å². The summed E-state index contributed by atoms with van der Waals surface area (Å²) in [6.45, 7) is 10.0. The molecule has 1 aliphatic rings. The van der Waals surface area contributed by atoms with Gasteiger partial charge in [-0.15, -0.1) is 0 Å². The number of benzene rings is 1. The second kappa shape index (κ2) is 8.35. The minimum Gasteiger partial charge on any atom is -0.340 e. The summed E-state index contributed by atoms with van der Waals surface area (Å²) in [7, 11) is 0. The highest BCUT2D eigenvalue weighted by atomic mass is 16.2. The molecule has 0 atom stereocenters. The monoisotopic (exact) mass is 369 g/mol. The van der Waals surface area contributed by atoms with Crippen molar-refractivity contribution >= 4 is 17.5 Å². The minimum atomic E-state index is -0.147. The van der Waals surface area contributed by atoms with E-state index in [4.69, 9.17) is 0 Å². The van der Waals surface area contributed by atoms with Crippen LogP contribution in [0.2, 0.25) is 0 Å². The van der Waals surface area contributed by atoms with Gasteiger partial charge in [-0.1, -0.05) is 18.2 Å². The Bertz CT molecular complexity index is 822. The molecule has 1 aromatic carbocycles. The van der Waals surface area contributed by atoms with Crippen LogP contribution < -0.4 is 5.32 Å². The Labute approximate surface area is 159 Å². The average molecular weight is 369 g/mol. The molecule has 0 radical (unpaired) electrons. The van der Waals surface area contributed by atoms with Crippen molar-refractivity contribution in [3.05, 3.63) is 47.3 Å². The van der Waals surface area contributed by atoms with E-state index in [1.54, 1.807) is 11.6 Å². The number of anilines is 1. The summed E-state index contributed by atoms with van der Waals surface area (Å²) < 4.78 is 1.72. The van der Waals surface area contributed by atoms with Crippen molar-refractivity contribution in [2.24, 2.45) is 0 Å². The molecule has 0 unspecified atom stereocenters. The highest BCUT2D eigenvalue weighted by Gasteiger charge is 2.20. The van der Waals surface area contributed by atoms with Crippen LogP contribution in [0.25, 0.3) is 0 Å². The summed E-state index contributed by atoms with van der Waals surface area (Å²) >= 11 is 0. The highest BCUT2D eigenvalue weighted by Crippen LogP contribution is 2.19. The zero-order valence-corrected chi connectivity index (χ0v) is 16.2. The maximum Gasteiger partial charge on any atom is 0.273 e. The third-order valence-electron chi connectivity index (χ3n) is 4.91. The van der Waals surface area contributed by atoms with Crippen molar-refractivity contribution in [2.75, 3.05) is 31.5 Å². The molecule has 2 heterocycles. The van der Waals surface area contributed by atoms with E-state index in [2.05, 4.69) is 15.3 Å². The molecule has 0 saturated carbocycles. The molecule has 1 fully saturated rings. The Morgan fingerprint density at radius 2 is 1.85 bits per heavy atom. The Morgan fingerprint density at radius 1 is 1.15 bits per heavy atom. The lowest BCUT2D eigenvalue weighted by Crippen LogP contribution is -2.47. The van der Waals surface area contributed by atoms with Crippen LogP contribution in [0.5, 0.6) is 0 Å². The van der Waals surface area contributed by atoms with E-state index in [9.17, 15) is 9.59 Å². The molecule has 0 bridgehead atoms. The molecule has 7 nitrogen and oxygen atoms in total. The maximum atomic E-state index is 12.7. The number of hydrogen-bond acceptors (Lipinski definition) is 4. The van der Waals surface area contributed by atoms with Gasteiger partial charge in [0.15, 0.2) is 0 Å². The van der Waals surface area contributed by atoms with Crippen molar-refractivity contribution in [2.45, 2.75) is 33.9 Å². The lowest BCUT2D eigenvalue weighted by molar-refractivity contribution is -0.130.